The minimum Gasteiger partial charge on any atom is -0.485 e. The molecule has 0 aliphatic heterocycles. The molecule has 0 radical (unpaired) electrons. The summed E-state index contributed by atoms with van der Waals surface area (Å²) in [4.78, 5) is 0. The number of anilines is 1. The molecular formula is C12H15N3O. The first kappa shape index (κ1) is 10.5. The highest BCUT2D eigenvalue weighted by Crippen LogP contribution is 2.22. The van der Waals surface area contributed by atoms with Gasteiger partial charge in [-0.2, -0.15) is 5.10 Å². The Hall–Kier alpha value is -1.97. The fourth-order valence-electron chi connectivity index (χ4n) is 1.49. The SMILES string of the molecule is Cc1ccc(OCc2ccn(C)n2)c(N)c1. The molecule has 0 spiro atoms. The van der Waals surface area contributed by atoms with E-state index in [-0.39, 0.29) is 0 Å². The van der Waals surface area contributed by atoms with E-state index in [9.17, 15) is 0 Å². The lowest BCUT2D eigenvalue weighted by Gasteiger charge is -2.07. The summed E-state index contributed by atoms with van der Waals surface area (Å²) in [6.45, 7) is 2.44. The third kappa shape index (κ3) is 2.34. The first-order valence-corrected chi connectivity index (χ1v) is 5.12. The maximum absolute atomic E-state index is 5.84. The highest BCUT2D eigenvalue weighted by Gasteiger charge is 2.02. The van der Waals surface area contributed by atoms with Crippen molar-refractivity contribution in [2.45, 2.75) is 13.5 Å². The summed E-state index contributed by atoms with van der Waals surface area (Å²) in [5.41, 5.74) is 8.52. The van der Waals surface area contributed by atoms with Crippen LogP contribution in [0.3, 0.4) is 0 Å². The topological polar surface area (TPSA) is 53.1 Å². The van der Waals surface area contributed by atoms with Crippen molar-refractivity contribution in [3.63, 3.8) is 0 Å². The Labute approximate surface area is 94.6 Å². The minimum atomic E-state index is 0.439. The Morgan fingerprint density at radius 3 is 2.81 bits per heavy atom. The van der Waals surface area contributed by atoms with Crippen molar-refractivity contribution in [2.75, 3.05) is 5.73 Å². The van der Waals surface area contributed by atoms with Gasteiger partial charge in [-0.3, -0.25) is 4.68 Å². The quantitative estimate of drug-likeness (QED) is 0.799. The Morgan fingerprint density at radius 1 is 1.38 bits per heavy atom. The number of hydrogen-bond donors (Lipinski definition) is 1. The first-order valence-electron chi connectivity index (χ1n) is 5.12. The van der Waals surface area contributed by atoms with E-state index in [2.05, 4.69) is 5.10 Å². The summed E-state index contributed by atoms with van der Waals surface area (Å²) in [6, 6.07) is 7.68. The van der Waals surface area contributed by atoms with Crippen LogP contribution >= 0.6 is 0 Å². The number of nitrogens with zero attached hydrogens (tertiary/aromatic N) is 2. The number of rotatable bonds is 3. The van der Waals surface area contributed by atoms with Gasteiger partial charge in [-0.1, -0.05) is 6.07 Å². The molecule has 0 aliphatic rings. The number of hydrogen-bond acceptors (Lipinski definition) is 3. The molecule has 0 atom stereocenters. The summed E-state index contributed by atoms with van der Waals surface area (Å²) in [5.74, 6) is 0.705. The molecule has 2 rings (SSSR count). The van der Waals surface area contributed by atoms with Gasteiger partial charge in [0.25, 0.3) is 0 Å². The largest absolute Gasteiger partial charge is 0.485 e. The summed E-state index contributed by atoms with van der Waals surface area (Å²) < 4.78 is 7.34. The third-order valence-electron chi connectivity index (χ3n) is 2.31. The van der Waals surface area contributed by atoms with E-state index in [0.717, 1.165) is 11.3 Å². The zero-order valence-corrected chi connectivity index (χ0v) is 9.47. The second-order valence-corrected chi connectivity index (χ2v) is 3.81. The van der Waals surface area contributed by atoms with Crippen molar-refractivity contribution in [3.8, 4) is 5.75 Å². The van der Waals surface area contributed by atoms with Gasteiger partial charge in [0.1, 0.15) is 12.4 Å². The third-order valence-corrected chi connectivity index (χ3v) is 2.31. The van der Waals surface area contributed by atoms with Crippen molar-refractivity contribution in [3.05, 3.63) is 41.7 Å². The fourth-order valence-corrected chi connectivity index (χ4v) is 1.49. The zero-order valence-electron chi connectivity index (χ0n) is 9.47. The lowest BCUT2D eigenvalue weighted by atomic mass is 10.2. The maximum atomic E-state index is 5.84. The number of aromatic nitrogens is 2. The lowest BCUT2D eigenvalue weighted by molar-refractivity contribution is 0.301. The molecule has 1 heterocycles. The Kier molecular flexibility index (Phi) is 2.81. The van der Waals surface area contributed by atoms with Crippen molar-refractivity contribution < 1.29 is 4.74 Å². The average Bonchev–Trinajstić information content (AvgIpc) is 2.63. The Bertz CT molecular complexity index is 491. The zero-order chi connectivity index (χ0) is 11.5. The number of benzene rings is 1. The predicted molar refractivity (Wildman–Crippen MR) is 63.1 cm³/mol. The van der Waals surface area contributed by atoms with E-state index in [1.54, 1.807) is 4.68 Å². The van der Waals surface area contributed by atoms with Crippen molar-refractivity contribution in [1.29, 1.82) is 0 Å². The molecule has 2 N–H and O–H groups in total. The minimum absolute atomic E-state index is 0.439. The van der Waals surface area contributed by atoms with Crippen LogP contribution in [-0.2, 0) is 13.7 Å². The lowest BCUT2D eigenvalue weighted by Crippen LogP contribution is -2.00. The molecule has 2 aromatic rings. The Morgan fingerprint density at radius 2 is 2.19 bits per heavy atom. The molecule has 16 heavy (non-hydrogen) atoms. The van der Waals surface area contributed by atoms with Gasteiger partial charge in [-0.25, -0.2) is 0 Å². The van der Waals surface area contributed by atoms with E-state index in [1.165, 1.54) is 0 Å². The summed E-state index contributed by atoms with van der Waals surface area (Å²) in [6.07, 6.45) is 1.89. The van der Waals surface area contributed by atoms with Gasteiger partial charge in [-0.05, 0) is 30.7 Å². The van der Waals surface area contributed by atoms with Crippen LogP contribution in [0.4, 0.5) is 5.69 Å². The molecule has 0 amide bonds. The van der Waals surface area contributed by atoms with E-state index < -0.39 is 0 Å². The van der Waals surface area contributed by atoms with Gasteiger partial charge in [0, 0.05) is 13.2 Å². The van der Waals surface area contributed by atoms with Crippen LogP contribution in [0.2, 0.25) is 0 Å². The molecule has 4 nitrogen and oxygen atoms in total. The van der Waals surface area contributed by atoms with Gasteiger partial charge < -0.3 is 10.5 Å². The van der Waals surface area contributed by atoms with Gasteiger partial charge in [0.15, 0.2) is 0 Å². The van der Waals surface area contributed by atoms with Crippen LogP contribution in [0.25, 0.3) is 0 Å². The van der Waals surface area contributed by atoms with Crippen molar-refractivity contribution >= 4 is 5.69 Å². The van der Waals surface area contributed by atoms with E-state index in [0.29, 0.717) is 18.0 Å². The van der Waals surface area contributed by atoms with Crippen LogP contribution in [0, 0.1) is 6.92 Å². The monoisotopic (exact) mass is 217 g/mol. The molecule has 84 valence electrons. The maximum Gasteiger partial charge on any atom is 0.142 e. The van der Waals surface area contributed by atoms with Crippen LogP contribution in [0.5, 0.6) is 5.75 Å². The van der Waals surface area contributed by atoms with Gasteiger partial charge in [-0.15, -0.1) is 0 Å². The molecule has 0 unspecified atom stereocenters. The van der Waals surface area contributed by atoms with Crippen molar-refractivity contribution in [2.24, 2.45) is 7.05 Å². The second kappa shape index (κ2) is 4.26. The standard InChI is InChI=1S/C12H15N3O/c1-9-3-4-12(11(13)7-9)16-8-10-5-6-15(2)14-10/h3-7H,8,13H2,1-2H3. The fraction of sp³-hybridized carbons (Fsp3) is 0.250. The highest BCUT2D eigenvalue weighted by molar-refractivity contribution is 5.54. The number of ether oxygens (including phenoxy) is 1. The van der Waals surface area contributed by atoms with E-state index >= 15 is 0 Å². The smallest absolute Gasteiger partial charge is 0.142 e. The number of nitrogen functional groups attached to an aromatic ring is 1. The Balaban J connectivity index is 2.04. The van der Waals surface area contributed by atoms with Gasteiger partial charge >= 0.3 is 0 Å². The average molecular weight is 217 g/mol. The molecule has 1 aromatic heterocycles. The molecule has 0 saturated heterocycles. The van der Waals surface area contributed by atoms with E-state index in [4.69, 9.17) is 10.5 Å². The van der Waals surface area contributed by atoms with Crippen LogP contribution in [-0.4, -0.2) is 9.78 Å². The second-order valence-electron chi connectivity index (χ2n) is 3.81. The summed E-state index contributed by atoms with van der Waals surface area (Å²) in [7, 11) is 1.88. The highest BCUT2D eigenvalue weighted by atomic mass is 16.5. The summed E-state index contributed by atoms with van der Waals surface area (Å²) >= 11 is 0. The summed E-state index contributed by atoms with van der Waals surface area (Å²) in [5, 5.41) is 4.22. The predicted octanol–water partition coefficient (Wildman–Crippen LogP) is 1.89. The molecule has 0 aliphatic carbocycles. The van der Waals surface area contributed by atoms with Crippen LogP contribution in [0.15, 0.2) is 30.5 Å². The molecule has 0 saturated carbocycles. The van der Waals surface area contributed by atoms with Crippen LogP contribution < -0.4 is 10.5 Å². The molecule has 0 bridgehead atoms. The van der Waals surface area contributed by atoms with Gasteiger partial charge in [0.05, 0.1) is 11.4 Å². The van der Waals surface area contributed by atoms with Gasteiger partial charge in [0.2, 0.25) is 0 Å². The van der Waals surface area contributed by atoms with Crippen LogP contribution in [0.1, 0.15) is 11.3 Å². The molecule has 0 fully saturated rings. The number of aryl methyl sites for hydroxylation is 2. The molecule has 1 aromatic carbocycles. The first-order chi connectivity index (χ1) is 7.65. The number of nitrogens with two attached hydrogens (primary N) is 1. The molecular weight excluding hydrogens is 202 g/mol. The normalized spacial score (nSPS) is 10.4. The molecule has 4 heteroatoms. The van der Waals surface area contributed by atoms with Crippen molar-refractivity contribution in [1.82, 2.24) is 9.78 Å². The van der Waals surface area contributed by atoms with E-state index in [1.807, 2.05) is 44.4 Å².